The SMILES string of the molecule is c1ccc(-c2cc(-c3cccc4c3nc(-c3cccc(-c5ccc6c7ccccc7c7ccccc7c6c5)c3)c3c5ccccc5sc43)nc(-c3ccccc3)n2)cc1. The molecule has 0 radical (unpaired) electrons. The van der Waals surface area contributed by atoms with Crippen molar-refractivity contribution in [3.8, 4) is 56.3 Å². The zero-order valence-electron chi connectivity index (χ0n) is 31.8. The molecule has 12 aromatic rings. The Bertz CT molecular complexity index is 3520. The highest BCUT2D eigenvalue weighted by Gasteiger charge is 2.20. The molecule has 12 rings (SSSR count). The number of pyridine rings is 1. The average molecular weight is 768 g/mol. The van der Waals surface area contributed by atoms with Gasteiger partial charge in [-0.25, -0.2) is 15.0 Å². The third kappa shape index (κ3) is 5.53. The van der Waals surface area contributed by atoms with Crippen LogP contribution < -0.4 is 0 Å². The normalized spacial score (nSPS) is 11.7. The maximum Gasteiger partial charge on any atom is 0.160 e. The van der Waals surface area contributed by atoms with E-state index in [-0.39, 0.29) is 0 Å². The summed E-state index contributed by atoms with van der Waals surface area (Å²) < 4.78 is 2.47. The number of aromatic nitrogens is 3. The first-order chi connectivity index (χ1) is 29.2. The first kappa shape index (κ1) is 33.6. The molecule has 0 aliphatic carbocycles. The van der Waals surface area contributed by atoms with Gasteiger partial charge < -0.3 is 0 Å². The van der Waals surface area contributed by atoms with Crippen molar-refractivity contribution in [3.05, 3.63) is 200 Å². The van der Waals surface area contributed by atoms with Gasteiger partial charge in [-0.3, -0.25) is 0 Å². The Morgan fingerprint density at radius 2 is 0.864 bits per heavy atom. The van der Waals surface area contributed by atoms with Gasteiger partial charge in [0.25, 0.3) is 0 Å². The molecule has 274 valence electrons. The highest BCUT2D eigenvalue weighted by Crippen LogP contribution is 2.45. The summed E-state index contributed by atoms with van der Waals surface area (Å²) >= 11 is 1.84. The van der Waals surface area contributed by atoms with Crippen molar-refractivity contribution in [2.24, 2.45) is 0 Å². The lowest BCUT2D eigenvalue weighted by molar-refractivity contribution is 1.18. The molecule has 0 saturated carbocycles. The number of hydrogen-bond acceptors (Lipinski definition) is 4. The van der Waals surface area contributed by atoms with E-state index in [1.807, 2.05) is 35.6 Å². The zero-order chi connectivity index (χ0) is 38.9. The molecule has 0 fully saturated rings. The molecular weight excluding hydrogens is 735 g/mol. The van der Waals surface area contributed by atoms with Crippen LogP contribution in [0, 0.1) is 0 Å². The molecule has 59 heavy (non-hydrogen) atoms. The largest absolute Gasteiger partial charge is 0.246 e. The number of nitrogens with zero attached hydrogens (tertiary/aromatic N) is 3. The third-order valence-corrected chi connectivity index (χ3v) is 12.9. The monoisotopic (exact) mass is 767 g/mol. The van der Waals surface area contributed by atoms with E-state index in [4.69, 9.17) is 15.0 Å². The summed E-state index contributed by atoms with van der Waals surface area (Å²) in [7, 11) is 0. The van der Waals surface area contributed by atoms with Crippen LogP contribution in [0.4, 0.5) is 0 Å². The molecule has 0 N–H and O–H groups in total. The second-order valence-electron chi connectivity index (χ2n) is 15.1. The van der Waals surface area contributed by atoms with Crippen LogP contribution in [0.1, 0.15) is 0 Å². The van der Waals surface area contributed by atoms with E-state index in [0.29, 0.717) is 5.82 Å². The van der Waals surface area contributed by atoms with E-state index in [9.17, 15) is 0 Å². The summed E-state index contributed by atoms with van der Waals surface area (Å²) in [5, 5.41) is 11.2. The van der Waals surface area contributed by atoms with Crippen LogP contribution in [0.15, 0.2) is 200 Å². The van der Waals surface area contributed by atoms with Crippen LogP contribution in [0.2, 0.25) is 0 Å². The first-order valence-corrected chi connectivity index (χ1v) is 20.8. The molecule has 0 atom stereocenters. The van der Waals surface area contributed by atoms with Crippen LogP contribution in [0.25, 0.3) is 120 Å². The summed E-state index contributed by atoms with van der Waals surface area (Å²) in [5.74, 6) is 0.686. The third-order valence-electron chi connectivity index (χ3n) is 11.7. The van der Waals surface area contributed by atoms with Crippen molar-refractivity contribution in [2.45, 2.75) is 0 Å². The average Bonchev–Trinajstić information content (AvgIpc) is 3.72. The Morgan fingerprint density at radius 1 is 0.322 bits per heavy atom. The van der Waals surface area contributed by atoms with Crippen molar-refractivity contribution in [1.82, 2.24) is 15.0 Å². The van der Waals surface area contributed by atoms with E-state index in [2.05, 4.69) is 176 Å². The lowest BCUT2D eigenvalue weighted by Crippen LogP contribution is -1.97. The lowest BCUT2D eigenvalue weighted by atomic mass is 9.91. The molecule has 0 amide bonds. The maximum atomic E-state index is 5.68. The number of para-hydroxylation sites is 1. The van der Waals surface area contributed by atoms with Gasteiger partial charge in [-0.2, -0.15) is 0 Å². The lowest BCUT2D eigenvalue weighted by Gasteiger charge is -2.14. The van der Waals surface area contributed by atoms with E-state index >= 15 is 0 Å². The van der Waals surface area contributed by atoms with E-state index in [1.165, 1.54) is 58.1 Å². The van der Waals surface area contributed by atoms with Gasteiger partial charge in [-0.05, 0) is 67.7 Å². The van der Waals surface area contributed by atoms with E-state index < -0.39 is 0 Å². The fourth-order valence-corrected chi connectivity index (χ4v) is 10.1. The minimum atomic E-state index is 0.686. The number of thiophene rings is 1. The molecule has 0 unspecified atom stereocenters. The molecule has 0 aliphatic rings. The summed E-state index contributed by atoms with van der Waals surface area (Å²) in [6, 6.07) is 71.3. The second-order valence-corrected chi connectivity index (χ2v) is 16.1. The van der Waals surface area contributed by atoms with Crippen molar-refractivity contribution in [2.75, 3.05) is 0 Å². The Morgan fingerprint density at radius 3 is 1.61 bits per heavy atom. The van der Waals surface area contributed by atoms with Crippen molar-refractivity contribution in [3.63, 3.8) is 0 Å². The van der Waals surface area contributed by atoms with E-state index in [0.717, 1.165) is 55.8 Å². The predicted octanol–water partition coefficient (Wildman–Crippen LogP) is 15.2. The fraction of sp³-hybridized carbons (Fsp3) is 0. The number of rotatable bonds is 5. The first-order valence-electron chi connectivity index (χ1n) is 19.9. The molecule has 0 saturated heterocycles. The van der Waals surface area contributed by atoms with Crippen LogP contribution >= 0.6 is 11.3 Å². The van der Waals surface area contributed by atoms with E-state index in [1.54, 1.807) is 0 Å². The second kappa shape index (κ2) is 13.6. The molecule has 0 bridgehead atoms. The zero-order valence-corrected chi connectivity index (χ0v) is 32.6. The molecule has 3 nitrogen and oxygen atoms in total. The van der Waals surface area contributed by atoms with Gasteiger partial charge >= 0.3 is 0 Å². The van der Waals surface area contributed by atoms with Gasteiger partial charge in [-0.15, -0.1) is 11.3 Å². The van der Waals surface area contributed by atoms with Gasteiger partial charge in [0.05, 0.1) is 22.6 Å². The Balaban J connectivity index is 1.09. The highest BCUT2D eigenvalue weighted by atomic mass is 32.1. The Kier molecular flexibility index (Phi) is 7.72. The topological polar surface area (TPSA) is 38.7 Å². The van der Waals surface area contributed by atoms with Gasteiger partial charge in [-0.1, -0.05) is 176 Å². The minimum absolute atomic E-state index is 0.686. The van der Waals surface area contributed by atoms with Gasteiger partial charge in [0.2, 0.25) is 0 Å². The number of hydrogen-bond donors (Lipinski definition) is 0. The van der Waals surface area contributed by atoms with Crippen molar-refractivity contribution >= 4 is 74.7 Å². The maximum absolute atomic E-state index is 5.68. The highest BCUT2D eigenvalue weighted by molar-refractivity contribution is 7.26. The molecule has 9 aromatic carbocycles. The number of benzene rings is 9. The molecule has 3 aromatic heterocycles. The van der Waals surface area contributed by atoms with Crippen molar-refractivity contribution in [1.29, 1.82) is 0 Å². The standard InChI is InChI=1S/C55H33N3S/c1-3-15-34(16-4-1)48-33-49(57-55(56-48)35-17-5-2-6-18-35)44-26-14-27-46-53(44)58-52(51-45-25-11-12-28-50(45)59-54(46)51)38-20-13-19-36(31-38)37-29-30-43-41-23-8-7-21-39(41)40-22-9-10-24-42(40)47(43)32-37/h1-33H. The van der Waals surface area contributed by atoms with Gasteiger partial charge in [0.1, 0.15) is 0 Å². The molecule has 0 aliphatic heterocycles. The van der Waals surface area contributed by atoms with Gasteiger partial charge in [0, 0.05) is 47.8 Å². The molecule has 4 heteroatoms. The summed E-state index contributed by atoms with van der Waals surface area (Å²) in [6.07, 6.45) is 0. The Labute approximate surface area is 344 Å². The quantitative estimate of drug-likeness (QED) is 0.164. The molecule has 0 spiro atoms. The summed E-state index contributed by atoms with van der Waals surface area (Å²) in [6.45, 7) is 0. The minimum Gasteiger partial charge on any atom is -0.246 e. The van der Waals surface area contributed by atoms with Crippen molar-refractivity contribution < 1.29 is 0 Å². The molecule has 3 heterocycles. The fourth-order valence-electron chi connectivity index (χ4n) is 8.89. The van der Waals surface area contributed by atoms with Gasteiger partial charge in [0.15, 0.2) is 5.82 Å². The van der Waals surface area contributed by atoms with Crippen LogP contribution in [0.5, 0.6) is 0 Å². The predicted molar refractivity (Wildman–Crippen MR) is 250 cm³/mol. The van der Waals surface area contributed by atoms with Crippen LogP contribution in [-0.2, 0) is 0 Å². The Hall–Kier alpha value is -7.53. The summed E-state index contributed by atoms with van der Waals surface area (Å²) in [4.78, 5) is 16.0. The number of fused-ring (bicyclic) bond motifs is 11. The molecular formula is C55H33N3S. The summed E-state index contributed by atoms with van der Waals surface area (Å²) in [5.41, 5.74) is 10.0. The van der Waals surface area contributed by atoms with Crippen LogP contribution in [-0.4, -0.2) is 15.0 Å². The smallest absolute Gasteiger partial charge is 0.160 e. The van der Waals surface area contributed by atoms with Crippen LogP contribution in [0.3, 0.4) is 0 Å².